The molecular formula is C22H12ClF4N2NaO4. The van der Waals surface area contributed by atoms with Crippen molar-refractivity contribution in [2.75, 3.05) is 0 Å². The molecule has 170 valence electrons. The topological polar surface area (TPSA) is 81.3 Å². The number of aromatic carboxylic acids is 1. The number of fused-ring (bicyclic) bond motifs is 1. The van der Waals surface area contributed by atoms with Gasteiger partial charge in [-0.2, -0.15) is 13.2 Å². The van der Waals surface area contributed by atoms with Gasteiger partial charge in [-0.15, -0.1) is 0 Å². The third-order valence-corrected chi connectivity index (χ3v) is 5.23. The number of carbonyl (C=O) groups is 2. The minimum absolute atomic E-state index is 0. The van der Waals surface area contributed by atoms with E-state index in [1.807, 2.05) is 0 Å². The average molecular weight is 503 g/mol. The molecule has 0 saturated carbocycles. The third-order valence-electron chi connectivity index (χ3n) is 4.92. The Bertz CT molecular complexity index is 1510. The van der Waals surface area contributed by atoms with Gasteiger partial charge >= 0.3 is 47.4 Å². The van der Waals surface area contributed by atoms with E-state index in [9.17, 15) is 31.9 Å². The Morgan fingerprint density at radius 1 is 0.941 bits per heavy atom. The number of benzene rings is 3. The van der Waals surface area contributed by atoms with Crippen LogP contribution in [0.25, 0.3) is 16.7 Å². The molecule has 0 aliphatic carbocycles. The number of imidazole rings is 1. The average Bonchev–Trinajstić information content (AvgIpc) is 3.04. The summed E-state index contributed by atoms with van der Waals surface area (Å²) in [7, 11) is 0. The molecule has 0 radical (unpaired) electrons. The van der Waals surface area contributed by atoms with Gasteiger partial charge in [0.25, 0.3) is 5.91 Å². The summed E-state index contributed by atoms with van der Waals surface area (Å²) in [6, 6.07) is 11.1. The SMILES string of the molecule is O=C(O)c1ccc(-n2c(=O)n(C(=O)c3c(Cl)cccc3C(F)(F)F)c3ccccc32)c(F)c1.[NaH]. The molecule has 12 heteroatoms. The van der Waals surface area contributed by atoms with Crippen LogP contribution in [0.5, 0.6) is 0 Å². The van der Waals surface area contributed by atoms with Gasteiger partial charge in [-0.05, 0) is 42.5 Å². The molecule has 1 heterocycles. The van der Waals surface area contributed by atoms with Crippen LogP contribution in [-0.4, -0.2) is 55.7 Å². The van der Waals surface area contributed by atoms with E-state index in [0.717, 1.165) is 28.8 Å². The van der Waals surface area contributed by atoms with Crippen molar-refractivity contribution in [1.82, 2.24) is 9.13 Å². The van der Waals surface area contributed by atoms with Gasteiger partial charge in [-0.3, -0.25) is 9.36 Å². The Labute approximate surface area is 215 Å². The van der Waals surface area contributed by atoms with Crippen molar-refractivity contribution < 1.29 is 32.3 Å². The molecule has 0 spiro atoms. The molecule has 0 aliphatic rings. The van der Waals surface area contributed by atoms with Crippen molar-refractivity contribution in [3.05, 3.63) is 98.7 Å². The van der Waals surface area contributed by atoms with E-state index in [2.05, 4.69) is 0 Å². The summed E-state index contributed by atoms with van der Waals surface area (Å²) in [5.41, 5.74) is -4.27. The molecule has 4 aromatic rings. The molecule has 0 bridgehead atoms. The van der Waals surface area contributed by atoms with Crippen LogP contribution >= 0.6 is 11.6 Å². The fourth-order valence-electron chi connectivity index (χ4n) is 3.49. The first kappa shape index (κ1) is 25.7. The quantitative estimate of drug-likeness (QED) is 0.334. The van der Waals surface area contributed by atoms with Crippen molar-refractivity contribution in [2.45, 2.75) is 6.18 Å². The second-order valence-electron chi connectivity index (χ2n) is 6.88. The molecule has 0 aliphatic heterocycles. The molecule has 0 saturated heterocycles. The first-order chi connectivity index (χ1) is 15.5. The maximum absolute atomic E-state index is 14.7. The van der Waals surface area contributed by atoms with Gasteiger partial charge in [0.1, 0.15) is 5.82 Å². The molecule has 3 aromatic carbocycles. The molecule has 4 rings (SSSR count). The zero-order valence-electron chi connectivity index (χ0n) is 16.2. The summed E-state index contributed by atoms with van der Waals surface area (Å²) < 4.78 is 56.6. The minimum atomic E-state index is -4.93. The number of alkyl halides is 3. The molecule has 6 nitrogen and oxygen atoms in total. The molecule has 0 unspecified atom stereocenters. The summed E-state index contributed by atoms with van der Waals surface area (Å²) in [5, 5.41) is 8.51. The second kappa shape index (κ2) is 9.38. The van der Waals surface area contributed by atoms with E-state index in [1.165, 1.54) is 24.3 Å². The van der Waals surface area contributed by atoms with E-state index in [1.54, 1.807) is 0 Å². The number of aromatic nitrogens is 2. The van der Waals surface area contributed by atoms with Crippen LogP contribution in [0.2, 0.25) is 5.02 Å². The third kappa shape index (κ3) is 4.29. The van der Waals surface area contributed by atoms with Gasteiger partial charge in [0.05, 0.1) is 38.4 Å². The van der Waals surface area contributed by atoms with Crippen molar-refractivity contribution >= 4 is 64.1 Å². The monoisotopic (exact) mass is 502 g/mol. The van der Waals surface area contributed by atoms with Crippen molar-refractivity contribution in [3.8, 4) is 5.69 Å². The molecule has 34 heavy (non-hydrogen) atoms. The van der Waals surface area contributed by atoms with Crippen molar-refractivity contribution in [2.24, 2.45) is 0 Å². The Morgan fingerprint density at radius 2 is 1.59 bits per heavy atom. The van der Waals surface area contributed by atoms with Crippen LogP contribution in [0.4, 0.5) is 17.6 Å². The molecule has 0 amide bonds. The number of hydrogen-bond acceptors (Lipinski definition) is 3. The molecular weight excluding hydrogens is 491 g/mol. The van der Waals surface area contributed by atoms with Gasteiger partial charge in [-0.25, -0.2) is 18.5 Å². The van der Waals surface area contributed by atoms with E-state index in [-0.39, 0.29) is 51.8 Å². The molecule has 1 aromatic heterocycles. The summed E-state index contributed by atoms with van der Waals surface area (Å²) in [5.74, 6) is -3.83. The number of halogens is 5. The molecule has 0 fully saturated rings. The standard InChI is InChI=1S/C22H11ClF4N2O4.Na.H/c23-13-5-3-4-12(22(25,26)27)18(13)19(30)29-17-7-2-1-6-16(17)28(21(29)33)15-9-8-11(20(31)32)10-14(15)24;;/h1-10H,(H,31,32);;. The first-order valence-corrected chi connectivity index (χ1v) is 9.56. The van der Waals surface area contributed by atoms with E-state index in [4.69, 9.17) is 16.7 Å². The number of para-hydroxylation sites is 2. The van der Waals surface area contributed by atoms with Gasteiger partial charge < -0.3 is 5.11 Å². The van der Waals surface area contributed by atoms with Crippen LogP contribution in [0.1, 0.15) is 26.3 Å². The van der Waals surface area contributed by atoms with Crippen LogP contribution in [0, 0.1) is 5.82 Å². The summed E-state index contributed by atoms with van der Waals surface area (Å²) in [6.45, 7) is 0. The van der Waals surface area contributed by atoms with Crippen LogP contribution in [-0.2, 0) is 6.18 Å². The normalized spacial score (nSPS) is 11.3. The van der Waals surface area contributed by atoms with Gasteiger partial charge in [-0.1, -0.05) is 29.8 Å². The summed E-state index contributed by atoms with van der Waals surface area (Å²) in [6.07, 6.45) is -4.93. The fourth-order valence-corrected chi connectivity index (χ4v) is 3.74. The number of carboxylic acid groups (broad SMARTS) is 1. The molecule has 0 atom stereocenters. The summed E-state index contributed by atoms with van der Waals surface area (Å²) >= 11 is 5.92. The van der Waals surface area contributed by atoms with Gasteiger partial charge in [0.2, 0.25) is 0 Å². The van der Waals surface area contributed by atoms with Gasteiger partial charge in [0.15, 0.2) is 0 Å². The number of carbonyl (C=O) groups excluding carboxylic acids is 1. The van der Waals surface area contributed by atoms with Crippen LogP contribution < -0.4 is 5.69 Å². The summed E-state index contributed by atoms with van der Waals surface area (Å²) in [4.78, 5) is 37.6. The number of hydrogen-bond donors (Lipinski definition) is 1. The van der Waals surface area contributed by atoms with E-state index < -0.39 is 45.7 Å². The van der Waals surface area contributed by atoms with E-state index >= 15 is 0 Å². The number of nitrogens with zero attached hydrogens (tertiary/aromatic N) is 2. The Kier molecular flexibility index (Phi) is 7.09. The zero-order valence-corrected chi connectivity index (χ0v) is 17.0. The zero-order chi connectivity index (χ0) is 24.1. The van der Waals surface area contributed by atoms with Crippen LogP contribution in [0.15, 0.2) is 65.5 Å². The van der Waals surface area contributed by atoms with Crippen LogP contribution in [0.3, 0.4) is 0 Å². The maximum atomic E-state index is 14.7. The number of rotatable bonds is 3. The van der Waals surface area contributed by atoms with Gasteiger partial charge in [0, 0.05) is 0 Å². The van der Waals surface area contributed by atoms with Crippen molar-refractivity contribution in [1.29, 1.82) is 0 Å². The Hall–Kier alpha value is -2.92. The first-order valence-electron chi connectivity index (χ1n) is 9.18. The Balaban J connectivity index is 0.00000324. The Morgan fingerprint density at radius 3 is 2.18 bits per heavy atom. The second-order valence-corrected chi connectivity index (χ2v) is 7.29. The predicted molar refractivity (Wildman–Crippen MR) is 118 cm³/mol. The predicted octanol–water partition coefficient (Wildman–Crippen LogP) is 4.34. The molecule has 1 N–H and O–H groups in total. The van der Waals surface area contributed by atoms with Crippen molar-refractivity contribution in [3.63, 3.8) is 0 Å². The fraction of sp³-hybridized carbons (Fsp3) is 0.0455. The number of carboxylic acids is 1. The van der Waals surface area contributed by atoms with E-state index in [0.29, 0.717) is 16.7 Å².